The van der Waals surface area contributed by atoms with Crippen LogP contribution in [0, 0.1) is 0 Å². The fraction of sp³-hybridized carbons (Fsp3) is 0.667. The highest BCUT2D eigenvalue weighted by Gasteiger charge is 2.17. The van der Waals surface area contributed by atoms with Gasteiger partial charge in [0.1, 0.15) is 6.04 Å². The van der Waals surface area contributed by atoms with Gasteiger partial charge in [0.2, 0.25) is 5.91 Å². The van der Waals surface area contributed by atoms with Crippen LogP contribution in [-0.2, 0) is 14.3 Å². The third kappa shape index (κ3) is 6.80. The minimum atomic E-state index is -0.881. The molecule has 17 heavy (non-hydrogen) atoms. The Morgan fingerprint density at radius 2 is 2.00 bits per heavy atom. The van der Waals surface area contributed by atoms with E-state index in [9.17, 15) is 14.4 Å². The first kappa shape index (κ1) is 15.7. The summed E-state index contributed by atoms with van der Waals surface area (Å²) in [5, 5.41) is 1.53. The zero-order valence-corrected chi connectivity index (χ0v) is 10.6. The Morgan fingerprint density at radius 3 is 2.47 bits per heavy atom. The van der Waals surface area contributed by atoms with Gasteiger partial charge in [-0.05, 0) is 19.1 Å². The van der Waals surface area contributed by atoms with E-state index in [4.69, 9.17) is 11.5 Å². The van der Waals surface area contributed by atoms with Crippen LogP contribution in [0.25, 0.3) is 0 Å². The molecule has 3 amide bonds. The third-order valence-electron chi connectivity index (χ3n) is 1.92. The summed E-state index contributed by atoms with van der Waals surface area (Å²) in [6.45, 7) is 1.63. The molecular formula is C9H17N3O4S. The molecule has 0 aromatic carbocycles. The quantitative estimate of drug-likeness (QED) is 0.538. The van der Waals surface area contributed by atoms with Crippen LogP contribution in [0.15, 0.2) is 0 Å². The van der Waals surface area contributed by atoms with E-state index in [1.165, 1.54) is 18.9 Å². The Morgan fingerprint density at radius 1 is 1.41 bits per heavy atom. The largest absolute Gasteiger partial charge is 0.468 e. The molecule has 0 aromatic rings. The Labute approximate surface area is 104 Å². The van der Waals surface area contributed by atoms with Crippen LogP contribution in [0.2, 0.25) is 0 Å². The first-order valence-electron chi connectivity index (χ1n) is 4.93. The number of amides is 3. The molecule has 0 aromatic heterocycles. The molecular weight excluding hydrogens is 246 g/mol. The lowest BCUT2D eigenvalue weighted by Crippen LogP contribution is -2.39. The van der Waals surface area contributed by atoms with Gasteiger partial charge < -0.3 is 16.2 Å². The summed E-state index contributed by atoms with van der Waals surface area (Å²) in [5.74, 6) is -0.446. The average Bonchev–Trinajstić information content (AvgIpc) is 2.26. The smallest absolute Gasteiger partial charge is 0.322 e. The van der Waals surface area contributed by atoms with Gasteiger partial charge in [0.15, 0.2) is 0 Å². The summed E-state index contributed by atoms with van der Waals surface area (Å²) < 4.78 is 4.46. The number of hydrogen-bond donors (Lipinski definition) is 3. The van der Waals surface area contributed by atoms with Crippen LogP contribution in [0.4, 0.5) is 4.79 Å². The fourth-order valence-electron chi connectivity index (χ4n) is 0.940. The summed E-state index contributed by atoms with van der Waals surface area (Å²) in [6.07, 6.45) is 0.394. The van der Waals surface area contributed by atoms with Crippen molar-refractivity contribution < 1.29 is 19.1 Å². The second kappa shape index (κ2) is 7.91. The van der Waals surface area contributed by atoms with Crippen molar-refractivity contribution in [1.82, 2.24) is 5.32 Å². The second-order valence-electron chi connectivity index (χ2n) is 3.28. The summed E-state index contributed by atoms with van der Waals surface area (Å²) in [6, 6.07) is -1.58. The van der Waals surface area contributed by atoms with E-state index in [2.05, 4.69) is 4.74 Å². The van der Waals surface area contributed by atoms with Gasteiger partial charge in [-0.1, -0.05) is 0 Å². The number of carbonyl (C=O) groups is 3. The number of nitrogens with two attached hydrogens (primary N) is 2. The lowest BCUT2D eigenvalue weighted by molar-refractivity contribution is -0.142. The Balaban J connectivity index is 3.85. The molecule has 7 nitrogen and oxygen atoms in total. The van der Waals surface area contributed by atoms with E-state index in [0.29, 0.717) is 12.2 Å². The Kier molecular flexibility index (Phi) is 7.31. The summed E-state index contributed by atoms with van der Waals surface area (Å²) >= 11 is 1.28. The van der Waals surface area contributed by atoms with E-state index < -0.39 is 29.2 Å². The van der Waals surface area contributed by atoms with Gasteiger partial charge in [0, 0.05) is 0 Å². The first-order valence-corrected chi connectivity index (χ1v) is 5.98. The minimum Gasteiger partial charge on any atom is -0.468 e. The molecule has 0 aliphatic heterocycles. The summed E-state index contributed by atoms with van der Waals surface area (Å²) in [7, 11) is 1.26. The van der Waals surface area contributed by atoms with Crippen molar-refractivity contribution in [3.8, 4) is 0 Å². The van der Waals surface area contributed by atoms with E-state index in [-0.39, 0.29) is 0 Å². The Bertz CT molecular complexity index is 298. The van der Waals surface area contributed by atoms with E-state index in [1.54, 1.807) is 6.92 Å². The fourth-order valence-corrected chi connectivity index (χ4v) is 1.89. The number of methoxy groups -OCH3 is 1. The van der Waals surface area contributed by atoms with E-state index in [1.807, 2.05) is 5.32 Å². The van der Waals surface area contributed by atoms with Crippen molar-refractivity contribution >= 4 is 29.7 Å². The summed E-state index contributed by atoms with van der Waals surface area (Å²) in [5.41, 5.74) is 10.3. The molecule has 0 aliphatic rings. The first-order chi connectivity index (χ1) is 7.88. The number of imide groups is 1. The molecule has 0 saturated heterocycles. The number of hydrogen-bond acceptors (Lipinski definition) is 6. The molecule has 0 rings (SSSR count). The highest BCUT2D eigenvalue weighted by atomic mass is 32.2. The number of nitrogens with one attached hydrogen (secondary N) is 1. The van der Waals surface area contributed by atoms with Crippen LogP contribution in [0.1, 0.15) is 13.3 Å². The van der Waals surface area contributed by atoms with Crippen LogP contribution >= 0.6 is 11.8 Å². The van der Waals surface area contributed by atoms with Crippen molar-refractivity contribution in [3.05, 3.63) is 0 Å². The van der Waals surface area contributed by atoms with Gasteiger partial charge in [-0.25, -0.2) is 4.79 Å². The van der Waals surface area contributed by atoms with Gasteiger partial charge in [0.05, 0.1) is 12.4 Å². The Hall–Kier alpha value is -1.28. The summed E-state index contributed by atoms with van der Waals surface area (Å²) in [4.78, 5) is 32.7. The van der Waals surface area contributed by atoms with Crippen molar-refractivity contribution in [2.24, 2.45) is 11.5 Å². The molecule has 0 fully saturated rings. The molecule has 2 unspecified atom stereocenters. The van der Waals surface area contributed by atoms with Crippen molar-refractivity contribution in [3.63, 3.8) is 0 Å². The van der Waals surface area contributed by atoms with Crippen LogP contribution in [0.5, 0.6) is 0 Å². The molecule has 0 aliphatic carbocycles. The number of esters is 1. The maximum Gasteiger partial charge on any atom is 0.322 e. The van der Waals surface area contributed by atoms with Crippen LogP contribution < -0.4 is 16.8 Å². The third-order valence-corrected chi connectivity index (χ3v) is 3.10. The number of primary amides is 1. The molecule has 2 atom stereocenters. The predicted molar refractivity (Wildman–Crippen MR) is 64.3 cm³/mol. The lowest BCUT2D eigenvalue weighted by Gasteiger charge is -2.12. The van der Waals surface area contributed by atoms with Crippen molar-refractivity contribution in [2.75, 3.05) is 12.9 Å². The zero-order chi connectivity index (χ0) is 13.4. The maximum absolute atomic E-state index is 11.3. The highest BCUT2D eigenvalue weighted by Crippen LogP contribution is 2.12. The molecule has 0 spiro atoms. The molecule has 0 bridgehead atoms. The standard InChI is InChI=1S/C9H17N3O4S/c1-5(7(13)12-9(11)15)17-4-3-6(10)8(14)16-2/h5-6H,3-4,10H2,1-2H3,(H3,11,12,13,15). The van der Waals surface area contributed by atoms with E-state index in [0.717, 1.165) is 0 Å². The topological polar surface area (TPSA) is 125 Å². The molecule has 8 heteroatoms. The van der Waals surface area contributed by atoms with Gasteiger partial charge in [-0.3, -0.25) is 14.9 Å². The second-order valence-corrected chi connectivity index (χ2v) is 4.73. The van der Waals surface area contributed by atoms with Crippen molar-refractivity contribution in [2.45, 2.75) is 24.6 Å². The molecule has 0 saturated carbocycles. The van der Waals surface area contributed by atoms with Gasteiger partial charge >= 0.3 is 12.0 Å². The number of rotatable bonds is 6. The van der Waals surface area contributed by atoms with Crippen LogP contribution in [-0.4, -0.2) is 42.1 Å². The van der Waals surface area contributed by atoms with Gasteiger partial charge in [-0.2, -0.15) is 0 Å². The number of ether oxygens (including phenoxy) is 1. The number of urea groups is 1. The zero-order valence-electron chi connectivity index (χ0n) is 9.76. The number of carbonyl (C=O) groups excluding carboxylic acids is 3. The predicted octanol–water partition coefficient (Wildman–Crippen LogP) is -0.807. The molecule has 5 N–H and O–H groups in total. The lowest BCUT2D eigenvalue weighted by atomic mass is 10.2. The van der Waals surface area contributed by atoms with Gasteiger partial charge in [0.25, 0.3) is 0 Å². The number of thioether (sulfide) groups is 1. The molecule has 98 valence electrons. The maximum atomic E-state index is 11.3. The molecule has 0 heterocycles. The van der Waals surface area contributed by atoms with E-state index >= 15 is 0 Å². The monoisotopic (exact) mass is 263 g/mol. The SMILES string of the molecule is COC(=O)C(N)CCSC(C)C(=O)NC(N)=O. The minimum absolute atomic E-state index is 0.394. The van der Waals surface area contributed by atoms with Crippen molar-refractivity contribution in [1.29, 1.82) is 0 Å². The normalized spacial score (nSPS) is 13.6. The van der Waals surface area contributed by atoms with Gasteiger partial charge in [-0.15, -0.1) is 11.8 Å². The van der Waals surface area contributed by atoms with Crippen LogP contribution in [0.3, 0.4) is 0 Å². The average molecular weight is 263 g/mol. The highest BCUT2D eigenvalue weighted by molar-refractivity contribution is 8.00. The molecule has 0 radical (unpaired) electrons.